The summed E-state index contributed by atoms with van der Waals surface area (Å²) in [5.41, 5.74) is 4.07. The molecule has 0 saturated heterocycles. The van der Waals surface area contributed by atoms with Crippen LogP contribution in [0.5, 0.6) is 0 Å². The molecule has 0 fully saturated rings. The Bertz CT molecular complexity index is 1540. The second kappa shape index (κ2) is 10.1. The van der Waals surface area contributed by atoms with Gasteiger partial charge in [0.1, 0.15) is 11.5 Å². The first kappa shape index (κ1) is 24.1. The van der Waals surface area contributed by atoms with Gasteiger partial charge in [-0.2, -0.15) is 13.2 Å². The number of H-pyrrole nitrogens is 1. The minimum absolute atomic E-state index is 0.0901. The number of halogens is 3. The molecule has 0 spiro atoms. The first-order chi connectivity index (χ1) is 17.9. The van der Waals surface area contributed by atoms with E-state index in [1.54, 1.807) is 24.5 Å². The van der Waals surface area contributed by atoms with Crippen molar-refractivity contribution in [3.8, 4) is 11.1 Å². The number of hydrogen-bond donors (Lipinski definition) is 3. The molecule has 6 nitrogen and oxygen atoms in total. The van der Waals surface area contributed by atoms with Crippen molar-refractivity contribution >= 4 is 22.8 Å². The standard InChI is InChI=1S/C28H22F3N5O/c29-28(30,31)21-10-8-18(9-11-21)15-36-27(37)23-7-3-13-33-26(23)34-16-19-4-1-5-20(14-19)24-17-35-25-22(24)6-2-12-32-25/h1-14,17H,15-16H2,(H,32,35)(H,33,34)(H,36,37). The highest BCUT2D eigenvalue weighted by molar-refractivity contribution is 5.98. The van der Waals surface area contributed by atoms with Gasteiger partial charge in [-0.25, -0.2) is 9.97 Å². The van der Waals surface area contributed by atoms with Gasteiger partial charge in [-0.05, 0) is 59.2 Å². The fourth-order valence-electron chi connectivity index (χ4n) is 4.05. The molecule has 9 heteroatoms. The van der Waals surface area contributed by atoms with Crippen LogP contribution in [-0.4, -0.2) is 20.9 Å². The van der Waals surface area contributed by atoms with E-state index in [-0.39, 0.29) is 12.5 Å². The lowest BCUT2D eigenvalue weighted by atomic mass is 10.0. The van der Waals surface area contributed by atoms with Crippen molar-refractivity contribution in [3.63, 3.8) is 0 Å². The molecule has 0 saturated carbocycles. The van der Waals surface area contributed by atoms with Crippen LogP contribution in [0.25, 0.3) is 22.2 Å². The van der Waals surface area contributed by atoms with Crippen molar-refractivity contribution in [2.45, 2.75) is 19.3 Å². The fraction of sp³-hybridized carbons (Fsp3) is 0.107. The predicted octanol–water partition coefficient (Wildman–Crippen LogP) is 6.19. The Labute approximate surface area is 210 Å². The van der Waals surface area contributed by atoms with Crippen LogP contribution in [0, 0.1) is 0 Å². The molecule has 3 N–H and O–H groups in total. The van der Waals surface area contributed by atoms with E-state index < -0.39 is 11.7 Å². The summed E-state index contributed by atoms with van der Waals surface area (Å²) < 4.78 is 38.3. The summed E-state index contributed by atoms with van der Waals surface area (Å²) in [5.74, 6) is 0.0321. The van der Waals surface area contributed by atoms with Gasteiger partial charge in [0.15, 0.2) is 0 Å². The molecule has 3 aromatic heterocycles. The summed E-state index contributed by atoms with van der Waals surface area (Å²) in [6.45, 7) is 0.525. The lowest BCUT2D eigenvalue weighted by molar-refractivity contribution is -0.137. The van der Waals surface area contributed by atoms with Gasteiger partial charge in [-0.1, -0.05) is 30.3 Å². The third-order valence-electron chi connectivity index (χ3n) is 5.94. The van der Waals surface area contributed by atoms with E-state index in [4.69, 9.17) is 0 Å². The van der Waals surface area contributed by atoms with Crippen LogP contribution in [0.2, 0.25) is 0 Å². The van der Waals surface area contributed by atoms with Crippen LogP contribution in [-0.2, 0) is 19.3 Å². The molecule has 0 bridgehead atoms. The number of rotatable bonds is 7. The molecule has 1 amide bonds. The van der Waals surface area contributed by atoms with Crippen molar-refractivity contribution in [2.24, 2.45) is 0 Å². The number of pyridine rings is 2. The van der Waals surface area contributed by atoms with Crippen LogP contribution in [0.15, 0.2) is 91.4 Å². The number of anilines is 1. The van der Waals surface area contributed by atoms with Crippen molar-refractivity contribution < 1.29 is 18.0 Å². The quantitative estimate of drug-likeness (QED) is 0.249. The molecule has 0 radical (unpaired) electrons. The zero-order valence-electron chi connectivity index (χ0n) is 19.5. The highest BCUT2D eigenvalue weighted by Gasteiger charge is 2.29. The number of nitrogens with zero attached hydrogens (tertiary/aromatic N) is 2. The van der Waals surface area contributed by atoms with E-state index in [0.29, 0.717) is 23.5 Å². The summed E-state index contributed by atoms with van der Waals surface area (Å²) >= 11 is 0. The molecule has 5 rings (SSSR count). The fourth-order valence-corrected chi connectivity index (χ4v) is 4.05. The maximum absolute atomic E-state index is 12.8. The first-order valence-corrected chi connectivity index (χ1v) is 11.5. The number of amides is 1. The second-order valence-electron chi connectivity index (χ2n) is 8.43. The Morgan fingerprint density at radius 3 is 2.46 bits per heavy atom. The molecule has 37 heavy (non-hydrogen) atoms. The second-order valence-corrected chi connectivity index (χ2v) is 8.43. The summed E-state index contributed by atoms with van der Waals surface area (Å²) in [6.07, 6.45) is 0.865. The van der Waals surface area contributed by atoms with Crippen LogP contribution in [0.3, 0.4) is 0 Å². The Kier molecular flexibility index (Phi) is 6.59. The summed E-state index contributed by atoms with van der Waals surface area (Å²) in [6, 6.07) is 20.0. The highest BCUT2D eigenvalue weighted by atomic mass is 19.4. The number of benzene rings is 2. The summed E-state index contributed by atoms with van der Waals surface area (Å²) in [4.78, 5) is 24.7. The molecule has 186 valence electrons. The van der Waals surface area contributed by atoms with E-state index in [2.05, 4.69) is 31.7 Å². The number of carbonyl (C=O) groups excluding carboxylic acids is 1. The first-order valence-electron chi connectivity index (χ1n) is 11.5. The van der Waals surface area contributed by atoms with E-state index in [1.165, 1.54) is 12.1 Å². The Morgan fingerprint density at radius 2 is 1.65 bits per heavy atom. The number of hydrogen-bond acceptors (Lipinski definition) is 4. The molecule has 0 unspecified atom stereocenters. The topological polar surface area (TPSA) is 82.7 Å². The minimum Gasteiger partial charge on any atom is -0.365 e. The monoisotopic (exact) mass is 501 g/mol. The van der Waals surface area contributed by atoms with Gasteiger partial charge in [-0.3, -0.25) is 4.79 Å². The Hall–Kier alpha value is -4.66. The van der Waals surface area contributed by atoms with E-state index in [1.807, 2.05) is 36.5 Å². The smallest absolute Gasteiger partial charge is 0.365 e. The molecule has 0 aliphatic rings. The SMILES string of the molecule is O=C(NCc1ccc(C(F)(F)F)cc1)c1cccnc1NCc1cccc(-c2c[nH]c3ncccc23)c1. The summed E-state index contributed by atoms with van der Waals surface area (Å²) in [5, 5.41) is 7.00. The largest absolute Gasteiger partial charge is 0.416 e. The zero-order valence-corrected chi connectivity index (χ0v) is 19.5. The van der Waals surface area contributed by atoms with Crippen LogP contribution in [0.1, 0.15) is 27.0 Å². The molecule has 0 aliphatic carbocycles. The lowest BCUT2D eigenvalue weighted by Gasteiger charge is -2.12. The number of fused-ring (bicyclic) bond motifs is 1. The Balaban J connectivity index is 1.26. The average molecular weight is 502 g/mol. The summed E-state index contributed by atoms with van der Waals surface area (Å²) in [7, 11) is 0. The minimum atomic E-state index is -4.40. The van der Waals surface area contributed by atoms with Gasteiger partial charge in [0, 0.05) is 42.6 Å². The zero-order chi connectivity index (χ0) is 25.8. The van der Waals surface area contributed by atoms with Gasteiger partial charge in [0.2, 0.25) is 0 Å². The highest BCUT2D eigenvalue weighted by Crippen LogP contribution is 2.30. The number of carbonyl (C=O) groups is 1. The van der Waals surface area contributed by atoms with Crippen molar-refractivity contribution in [3.05, 3.63) is 114 Å². The van der Waals surface area contributed by atoms with E-state index in [9.17, 15) is 18.0 Å². The third kappa shape index (κ3) is 5.45. The average Bonchev–Trinajstić information content (AvgIpc) is 3.35. The lowest BCUT2D eigenvalue weighted by Crippen LogP contribution is -2.24. The van der Waals surface area contributed by atoms with Gasteiger partial charge in [0.05, 0.1) is 11.1 Å². The van der Waals surface area contributed by atoms with E-state index in [0.717, 1.165) is 39.9 Å². The molecule has 3 heterocycles. The van der Waals surface area contributed by atoms with Crippen LogP contribution >= 0.6 is 0 Å². The number of aromatic amines is 1. The molecule has 0 aliphatic heterocycles. The number of aromatic nitrogens is 3. The van der Waals surface area contributed by atoms with Crippen molar-refractivity contribution in [2.75, 3.05) is 5.32 Å². The van der Waals surface area contributed by atoms with Gasteiger partial charge < -0.3 is 15.6 Å². The predicted molar refractivity (Wildman–Crippen MR) is 136 cm³/mol. The number of nitrogens with one attached hydrogen (secondary N) is 3. The van der Waals surface area contributed by atoms with Crippen LogP contribution < -0.4 is 10.6 Å². The molecule has 5 aromatic rings. The maximum Gasteiger partial charge on any atom is 0.416 e. The van der Waals surface area contributed by atoms with Crippen LogP contribution in [0.4, 0.5) is 19.0 Å². The third-order valence-corrected chi connectivity index (χ3v) is 5.94. The van der Waals surface area contributed by atoms with Gasteiger partial charge in [-0.15, -0.1) is 0 Å². The maximum atomic E-state index is 12.8. The van der Waals surface area contributed by atoms with Gasteiger partial charge in [0.25, 0.3) is 5.91 Å². The normalized spacial score (nSPS) is 11.4. The number of alkyl halides is 3. The van der Waals surface area contributed by atoms with Crippen molar-refractivity contribution in [1.82, 2.24) is 20.3 Å². The molecular formula is C28H22F3N5O. The van der Waals surface area contributed by atoms with Gasteiger partial charge >= 0.3 is 6.18 Å². The molecule has 0 atom stereocenters. The Morgan fingerprint density at radius 1 is 0.865 bits per heavy atom. The molecular weight excluding hydrogens is 479 g/mol. The van der Waals surface area contributed by atoms with Crippen molar-refractivity contribution in [1.29, 1.82) is 0 Å². The molecule has 2 aromatic carbocycles. The van der Waals surface area contributed by atoms with E-state index >= 15 is 0 Å².